The molecule has 0 spiro atoms. The van der Waals surface area contributed by atoms with Crippen molar-refractivity contribution in [3.63, 3.8) is 0 Å². The zero-order chi connectivity index (χ0) is 22.5. The first-order valence-corrected chi connectivity index (χ1v) is 10.3. The number of methoxy groups -OCH3 is 2. The molecule has 4 rings (SSSR count). The number of nitrogens with zero attached hydrogens (tertiary/aromatic N) is 2. The average Bonchev–Trinajstić information content (AvgIpc) is 3.20. The van der Waals surface area contributed by atoms with Crippen molar-refractivity contribution in [3.8, 4) is 28.4 Å². The summed E-state index contributed by atoms with van der Waals surface area (Å²) in [6, 6.07) is 24.9. The Labute approximate surface area is 186 Å². The summed E-state index contributed by atoms with van der Waals surface area (Å²) in [5.74, 6) is 1.50. The normalized spacial score (nSPS) is 11.4. The fourth-order valence-corrected chi connectivity index (χ4v) is 3.62. The molecule has 0 aliphatic heterocycles. The van der Waals surface area contributed by atoms with Crippen molar-refractivity contribution in [1.82, 2.24) is 9.78 Å². The van der Waals surface area contributed by atoms with E-state index in [1.165, 1.54) is 0 Å². The lowest BCUT2D eigenvalue weighted by molar-refractivity contribution is 0.410. The maximum Gasteiger partial charge on any atom is 0.280 e. The van der Waals surface area contributed by atoms with E-state index in [0.29, 0.717) is 17.8 Å². The van der Waals surface area contributed by atoms with Gasteiger partial charge in [0.25, 0.3) is 5.56 Å². The number of para-hydroxylation sites is 1. The lowest BCUT2D eigenvalue weighted by Gasteiger charge is -2.06. The van der Waals surface area contributed by atoms with Crippen LogP contribution in [0.2, 0.25) is 0 Å². The Morgan fingerprint density at radius 2 is 1.59 bits per heavy atom. The van der Waals surface area contributed by atoms with Crippen molar-refractivity contribution in [3.05, 3.63) is 100 Å². The van der Waals surface area contributed by atoms with Gasteiger partial charge in [0.15, 0.2) is 0 Å². The third-order valence-corrected chi connectivity index (χ3v) is 5.32. The van der Waals surface area contributed by atoms with Crippen molar-refractivity contribution in [1.29, 1.82) is 0 Å². The quantitative estimate of drug-likeness (QED) is 0.428. The summed E-state index contributed by atoms with van der Waals surface area (Å²) in [5.41, 5.74) is 4.37. The summed E-state index contributed by atoms with van der Waals surface area (Å²) < 4.78 is 12.2. The van der Waals surface area contributed by atoms with Crippen molar-refractivity contribution in [2.24, 2.45) is 4.99 Å². The van der Waals surface area contributed by atoms with Crippen LogP contribution in [0, 0.1) is 0 Å². The first kappa shape index (κ1) is 21.2. The third kappa shape index (κ3) is 4.21. The standard InChI is InChI=1S/C26H25N3O3/c1-18(27-17-20-11-7-8-12-23(20)32-3)24-25(19-9-5-4-6-10-19)28-29(26(24)30)21-13-15-22(31-2)16-14-21/h4-16,28H,17H2,1-3H3. The smallest absolute Gasteiger partial charge is 0.280 e. The minimum atomic E-state index is -0.157. The second kappa shape index (κ2) is 9.39. The summed E-state index contributed by atoms with van der Waals surface area (Å²) in [7, 11) is 3.26. The molecular weight excluding hydrogens is 402 g/mol. The van der Waals surface area contributed by atoms with Crippen LogP contribution in [0.4, 0.5) is 0 Å². The van der Waals surface area contributed by atoms with Gasteiger partial charge in [0, 0.05) is 16.8 Å². The number of aromatic amines is 1. The molecule has 6 heteroatoms. The molecule has 0 atom stereocenters. The van der Waals surface area contributed by atoms with E-state index in [4.69, 9.17) is 14.5 Å². The van der Waals surface area contributed by atoms with Gasteiger partial charge in [-0.2, -0.15) is 0 Å². The maximum absolute atomic E-state index is 13.5. The summed E-state index contributed by atoms with van der Waals surface area (Å²) in [5, 5.41) is 3.28. The van der Waals surface area contributed by atoms with Crippen molar-refractivity contribution in [2.45, 2.75) is 13.5 Å². The van der Waals surface area contributed by atoms with Crippen LogP contribution in [0.25, 0.3) is 16.9 Å². The fraction of sp³-hybridized carbons (Fsp3) is 0.154. The number of aliphatic imine (C=N–C) groups is 1. The van der Waals surface area contributed by atoms with Crippen LogP contribution in [0.15, 0.2) is 88.6 Å². The Balaban J connectivity index is 1.80. The molecule has 0 aliphatic carbocycles. The summed E-state index contributed by atoms with van der Waals surface area (Å²) >= 11 is 0. The van der Waals surface area contributed by atoms with Crippen molar-refractivity contribution in [2.75, 3.05) is 14.2 Å². The second-order valence-corrected chi connectivity index (χ2v) is 7.28. The molecule has 162 valence electrons. The van der Waals surface area contributed by atoms with Gasteiger partial charge in [-0.15, -0.1) is 0 Å². The number of nitrogens with one attached hydrogen (secondary N) is 1. The molecule has 0 unspecified atom stereocenters. The van der Waals surface area contributed by atoms with E-state index in [-0.39, 0.29) is 5.56 Å². The molecule has 32 heavy (non-hydrogen) atoms. The van der Waals surface area contributed by atoms with Gasteiger partial charge in [-0.3, -0.25) is 14.9 Å². The van der Waals surface area contributed by atoms with Gasteiger partial charge in [-0.05, 0) is 37.3 Å². The Hall–Kier alpha value is -4.06. The number of aromatic nitrogens is 2. The minimum Gasteiger partial charge on any atom is -0.497 e. The molecular formula is C26H25N3O3. The van der Waals surface area contributed by atoms with Crippen LogP contribution < -0.4 is 15.0 Å². The summed E-state index contributed by atoms with van der Waals surface area (Å²) in [6.45, 7) is 2.28. The van der Waals surface area contributed by atoms with E-state index < -0.39 is 0 Å². The van der Waals surface area contributed by atoms with E-state index in [2.05, 4.69) is 5.10 Å². The van der Waals surface area contributed by atoms with Gasteiger partial charge in [-0.25, -0.2) is 4.68 Å². The Kier molecular flexibility index (Phi) is 6.22. The molecule has 0 saturated carbocycles. The molecule has 0 bridgehead atoms. The highest BCUT2D eigenvalue weighted by molar-refractivity contribution is 6.03. The van der Waals surface area contributed by atoms with Crippen LogP contribution in [0.1, 0.15) is 18.1 Å². The molecule has 1 N–H and O–H groups in total. The van der Waals surface area contributed by atoms with E-state index in [0.717, 1.165) is 34.0 Å². The molecule has 0 fully saturated rings. The predicted molar refractivity (Wildman–Crippen MR) is 127 cm³/mol. The number of hydrogen-bond acceptors (Lipinski definition) is 4. The lowest BCUT2D eigenvalue weighted by Crippen LogP contribution is -2.19. The van der Waals surface area contributed by atoms with Gasteiger partial charge < -0.3 is 9.47 Å². The van der Waals surface area contributed by atoms with E-state index in [9.17, 15) is 4.79 Å². The van der Waals surface area contributed by atoms with Crippen LogP contribution in [0.5, 0.6) is 11.5 Å². The number of benzene rings is 3. The Bertz CT molecular complexity index is 1290. The largest absolute Gasteiger partial charge is 0.497 e. The Morgan fingerprint density at radius 1 is 0.906 bits per heavy atom. The second-order valence-electron chi connectivity index (χ2n) is 7.28. The van der Waals surface area contributed by atoms with Gasteiger partial charge in [-0.1, -0.05) is 48.5 Å². The predicted octanol–water partition coefficient (Wildman–Crippen LogP) is 4.86. The van der Waals surface area contributed by atoms with Gasteiger partial charge >= 0.3 is 0 Å². The maximum atomic E-state index is 13.5. The highest BCUT2D eigenvalue weighted by Gasteiger charge is 2.19. The number of hydrogen-bond donors (Lipinski definition) is 1. The van der Waals surface area contributed by atoms with Crippen molar-refractivity contribution < 1.29 is 9.47 Å². The lowest BCUT2D eigenvalue weighted by atomic mass is 10.1. The molecule has 0 amide bonds. The van der Waals surface area contributed by atoms with Gasteiger partial charge in [0.2, 0.25) is 0 Å². The highest BCUT2D eigenvalue weighted by atomic mass is 16.5. The van der Waals surface area contributed by atoms with Crippen LogP contribution in [-0.4, -0.2) is 29.7 Å². The first-order chi connectivity index (χ1) is 15.6. The molecule has 0 radical (unpaired) electrons. The number of rotatable bonds is 7. The zero-order valence-corrected chi connectivity index (χ0v) is 18.3. The van der Waals surface area contributed by atoms with Crippen molar-refractivity contribution >= 4 is 5.71 Å². The summed E-state index contributed by atoms with van der Waals surface area (Å²) in [4.78, 5) is 18.2. The van der Waals surface area contributed by atoms with Gasteiger partial charge in [0.05, 0.1) is 37.7 Å². The summed E-state index contributed by atoms with van der Waals surface area (Å²) in [6.07, 6.45) is 0. The number of H-pyrrole nitrogens is 1. The minimum absolute atomic E-state index is 0.157. The van der Waals surface area contributed by atoms with Crippen LogP contribution >= 0.6 is 0 Å². The molecule has 0 aliphatic rings. The first-order valence-electron chi connectivity index (χ1n) is 10.3. The zero-order valence-electron chi connectivity index (χ0n) is 18.3. The third-order valence-electron chi connectivity index (χ3n) is 5.32. The number of ether oxygens (including phenoxy) is 2. The van der Waals surface area contributed by atoms with E-state index >= 15 is 0 Å². The monoisotopic (exact) mass is 427 g/mol. The Morgan fingerprint density at radius 3 is 2.28 bits per heavy atom. The van der Waals surface area contributed by atoms with Gasteiger partial charge in [0.1, 0.15) is 11.5 Å². The fourth-order valence-electron chi connectivity index (χ4n) is 3.62. The van der Waals surface area contributed by atoms with Crippen LogP contribution in [-0.2, 0) is 6.54 Å². The SMILES string of the molecule is COc1ccc(-n2[nH]c(-c3ccccc3)c(C(C)=NCc3ccccc3OC)c2=O)cc1. The van der Waals surface area contributed by atoms with E-state index in [1.807, 2.05) is 85.8 Å². The highest BCUT2D eigenvalue weighted by Crippen LogP contribution is 2.23. The molecule has 1 aromatic heterocycles. The molecule has 1 heterocycles. The van der Waals surface area contributed by atoms with Crippen LogP contribution in [0.3, 0.4) is 0 Å². The molecule has 0 saturated heterocycles. The molecule has 6 nitrogen and oxygen atoms in total. The topological polar surface area (TPSA) is 68.6 Å². The molecule has 3 aromatic carbocycles. The molecule has 4 aromatic rings. The van der Waals surface area contributed by atoms with E-state index in [1.54, 1.807) is 18.9 Å². The average molecular weight is 428 g/mol.